The second-order valence-corrected chi connectivity index (χ2v) is 4.84. The molecular weight excluding hydrogens is 294 g/mol. The molecule has 0 atom stereocenters. The largest absolute Gasteiger partial charge is 0.377 e. The second kappa shape index (κ2) is 5.84. The minimum atomic E-state index is -0.934. The summed E-state index contributed by atoms with van der Waals surface area (Å²) in [5.41, 5.74) is 3.84. The van der Waals surface area contributed by atoms with Crippen LogP contribution in [0, 0.1) is 20.2 Å². The summed E-state index contributed by atoms with van der Waals surface area (Å²) in [6.45, 7) is 1.06. The zero-order valence-electron chi connectivity index (χ0n) is 11.9. The van der Waals surface area contributed by atoms with E-state index in [-0.39, 0.29) is 16.9 Å². The molecule has 0 aromatic heterocycles. The maximum absolute atomic E-state index is 11.7. The zero-order chi connectivity index (χ0) is 16.4. The fourth-order valence-corrected chi connectivity index (χ4v) is 2.66. The van der Waals surface area contributed by atoms with E-state index in [0.29, 0.717) is 13.1 Å². The monoisotopic (exact) mass is 309 g/mol. The number of primary amides is 1. The molecule has 1 aromatic rings. The number of anilines is 2. The van der Waals surface area contributed by atoms with E-state index in [2.05, 4.69) is 5.32 Å². The molecule has 1 fully saturated rings. The van der Waals surface area contributed by atoms with Crippen LogP contribution in [0.15, 0.2) is 6.07 Å². The Hall–Kier alpha value is -2.91. The number of nitrogens with two attached hydrogens (primary N) is 1. The summed E-state index contributed by atoms with van der Waals surface area (Å²) < 4.78 is 0. The summed E-state index contributed by atoms with van der Waals surface area (Å²) >= 11 is 0. The maximum Gasteiger partial charge on any atom is 0.323 e. The number of benzene rings is 1. The number of hydrogen-bond acceptors (Lipinski definition) is 7. The van der Waals surface area contributed by atoms with Crippen LogP contribution in [0.4, 0.5) is 22.7 Å². The first-order valence-electron chi connectivity index (χ1n) is 6.60. The molecule has 0 radical (unpaired) electrons. The van der Waals surface area contributed by atoms with Gasteiger partial charge in [0.15, 0.2) is 5.69 Å². The SMILES string of the molecule is CNc1c([N+](=O)[O-])cc(C(N)=O)c(N2CCCC2)c1[N+](=O)[O-]. The second-order valence-electron chi connectivity index (χ2n) is 4.84. The summed E-state index contributed by atoms with van der Waals surface area (Å²) in [6, 6.07) is 0.995. The highest BCUT2D eigenvalue weighted by Crippen LogP contribution is 2.45. The number of hydrogen-bond donors (Lipinski definition) is 2. The summed E-state index contributed by atoms with van der Waals surface area (Å²) in [4.78, 5) is 34.4. The summed E-state index contributed by atoms with van der Waals surface area (Å²) in [6.07, 6.45) is 1.64. The number of nitrogens with zero attached hydrogens (tertiary/aromatic N) is 3. The molecule has 10 heteroatoms. The molecule has 0 saturated carbocycles. The van der Waals surface area contributed by atoms with E-state index >= 15 is 0 Å². The Kier molecular flexibility index (Phi) is 4.11. The molecule has 0 unspecified atom stereocenters. The fourth-order valence-electron chi connectivity index (χ4n) is 2.66. The number of nitrogens with one attached hydrogen (secondary N) is 1. The van der Waals surface area contributed by atoms with Gasteiger partial charge in [0.05, 0.1) is 15.4 Å². The van der Waals surface area contributed by atoms with Crippen molar-refractivity contribution in [2.45, 2.75) is 12.8 Å². The lowest BCUT2D eigenvalue weighted by Crippen LogP contribution is -2.25. The van der Waals surface area contributed by atoms with Gasteiger partial charge in [-0.05, 0) is 12.8 Å². The van der Waals surface area contributed by atoms with Gasteiger partial charge in [0.2, 0.25) is 0 Å². The Morgan fingerprint density at radius 3 is 2.27 bits per heavy atom. The van der Waals surface area contributed by atoms with E-state index < -0.39 is 27.1 Å². The average molecular weight is 309 g/mol. The van der Waals surface area contributed by atoms with Crippen molar-refractivity contribution in [3.63, 3.8) is 0 Å². The molecule has 1 heterocycles. The van der Waals surface area contributed by atoms with Crippen molar-refractivity contribution in [3.05, 3.63) is 31.9 Å². The van der Waals surface area contributed by atoms with E-state index in [9.17, 15) is 25.0 Å². The van der Waals surface area contributed by atoms with Crippen molar-refractivity contribution in [3.8, 4) is 0 Å². The minimum Gasteiger partial charge on any atom is -0.377 e. The van der Waals surface area contributed by atoms with Crippen molar-refractivity contribution in [2.24, 2.45) is 5.73 Å². The normalized spacial score (nSPS) is 14.0. The lowest BCUT2D eigenvalue weighted by molar-refractivity contribution is -0.391. The number of carbonyl (C=O) groups is 1. The molecule has 1 aromatic carbocycles. The predicted molar refractivity (Wildman–Crippen MR) is 79.3 cm³/mol. The van der Waals surface area contributed by atoms with Gasteiger partial charge in [-0.15, -0.1) is 0 Å². The highest BCUT2D eigenvalue weighted by molar-refractivity contribution is 6.05. The van der Waals surface area contributed by atoms with Gasteiger partial charge in [-0.3, -0.25) is 25.0 Å². The Morgan fingerprint density at radius 1 is 1.27 bits per heavy atom. The van der Waals surface area contributed by atoms with Crippen molar-refractivity contribution in [2.75, 3.05) is 30.4 Å². The molecule has 1 saturated heterocycles. The molecular formula is C12H15N5O5. The van der Waals surface area contributed by atoms with Crippen LogP contribution in [0.2, 0.25) is 0 Å². The first-order valence-corrected chi connectivity index (χ1v) is 6.60. The van der Waals surface area contributed by atoms with Crippen LogP contribution in [0.25, 0.3) is 0 Å². The van der Waals surface area contributed by atoms with E-state index in [1.807, 2.05) is 0 Å². The maximum atomic E-state index is 11.7. The summed E-state index contributed by atoms with van der Waals surface area (Å²) in [5.74, 6) is -0.934. The topological polar surface area (TPSA) is 145 Å². The molecule has 1 amide bonds. The molecule has 1 aliphatic rings. The van der Waals surface area contributed by atoms with E-state index in [1.54, 1.807) is 4.90 Å². The van der Waals surface area contributed by atoms with Crippen LogP contribution in [0.3, 0.4) is 0 Å². The molecule has 0 aliphatic carbocycles. The lowest BCUT2D eigenvalue weighted by Gasteiger charge is -2.21. The third-order valence-corrected chi connectivity index (χ3v) is 3.57. The van der Waals surface area contributed by atoms with Crippen LogP contribution in [-0.4, -0.2) is 35.9 Å². The number of nitro benzene ring substituents is 2. The third kappa shape index (κ3) is 2.50. The van der Waals surface area contributed by atoms with Crippen LogP contribution < -0.4 is 16.0 Å². The minimum absolute atomic E-state index is 0.0463. The molecule has 118 valence electrons. The number of amides is 1. The fraction of sp³-hybridized carbons (Fsp3) is 0.417. The smallest absolute Gasteiger partial charge is 0.323 e. The summed E-state index contributed by atoms with van der Waals surface area (Å²) in [7, 11) is 1.35. The first-order chi connectivity index (χ1) is 10.4. The van der Waals surface area contributed by atoms with Crippen molar-refractivity contribution in [1.82, 2.24) is 0 Å². The molecule has 10 nitrogen and oxygen atoms in total. The predicted octanol–water partition coefficient (Wildman–Crippen LogP) is 1.24. The van der Waals surface area contributed by atoms with Gasteiger partial charge in [0.1, 0.15) is 5.69 Å². The van der Waals surface area contributed by atoms with Gasteiger partial charge in [-0.1, -0.05) is 0 Å². The third-order valence-electron chi connectivity index (χ3n) is 3.57. The van der Waals surface area contributed by atoms with E-state index in [1.165, 1.54) is 7.05 Å². The van der Waals surface area contributed by atoms with Crippen molar-refractivity contribution < 1.29 is 14.6 Å². The number of nitro groups is 2. The van der Waals surface area contributed by atoms with Gasteiger partial charge >= 0.3 is 5.69 Å². The number of rotatable bonds is 5. The first kappa shape index (κ1) is 15.5. The van der Waals surface area contributed by atoms with Crippen LogP contribution in [0.1, 0.15) is 23.2 Å². The molecule has 1 aliphatic heterocycles. The van der Waals surface area contributed by atoms with Gasteiger partial charge in [0, 0.05) is 26.2 Å². The Balaban J connectivity index is 2.85. The average Bonchev–Trinajstić information content (AvgIpc) is 2.98. The summed E-state index contributed by atoms with van der Waals surface area (Å²) in [5, 5.41) is 25.1. The van der Waals surface area contributed by atoms with E-state index in [0.717, 1.165) is 18.9 Å². The Morgan fingerprint density at radius 2 is 1.86 bits per heavy atom. The van der Waals surface area contributed by atoms with Gasteiger partial charge in [0.25, 0.3) is 11.6 Å². The lowest BCUT2D eigenvalue weighted by atomic mass is 10.1. The van der Waals surface area contributed by atoms with Crippen molar-refractivity contribution in [1.29, 1.82) is 0 Å². The van der Waals surface area contributed by atoms with Crippen LogP contribution >= 0.6 is 0 Å². The number of carbonyl (C=O) groups excluding carboxylic acids is 1. The van der Waals surface area contributed by atoms with Crippen LogP contribution in [-0.2, 0) is 0 Å². The van der Waals surface area contributed by atoms with Crippen molar-refractivity contribution >= 4 is 28.7 Å². The molecule has 2 rings (SSSR count). The highest BCUT2D eigenvalue weighted by atomic mass is 16.6. The standard InChI is InChI=1S/C12H15N5O5/c1-14-9-8(16(19)20)6-7(12(13)18)10(11(9)17(21)22)15-4-2-3-5-15/h6,14H,2-5H2,1H3,(H2,13,18). The van der Waals surface area contributed by atoms with Crippen LogP contribution in [0.5, 0.6) is 0 Å². The zero-order valence-corrected chi connectivity index (χ0v) is 11.9. The Labute approximate surface area is 125 Å². The Bertz CT molecular complexity index is 654. The van der Waals surface area contributed by atoms with Gasteiger partial charge in [-0.2, -0.15) is 0 Å². The highest BCUT2D eigenvalue weighted by Gasteiger charge is 2.36. The molecule has 22 heavy (non-hydrogen) atoms. The van der Waals surface area contributed by atoms with E-state index in [4.69, 9.17) is 5.73 Å². The molecule has 3 N–H and O–H groups in total. The molecule has 0 bridgehead atoms. The van der Waals surface area contributed by atoms with Gasteiger partial charge < -0.3 is 16.0 Å². The van der Waals surface area contributed by atoms with Gasteiger partial charge in [-0.25, -0.2) is 0 Å². The molecule has 0 spiro atoms. The quantitative estimate of drug-likeness (QED) is 0.614.